The molecule has 0 bridgehead atoms. The molecule has 29 heavy (non-hydrogen) atoms. The number of ether oxygens (including phenoxy) is 2. The Morgan fingerprint density at radius 2 is 1.76 bits per heavy atom. The molecule has 154 valence electrons. The van der Waals surface area contributed by atoms with E-state index in [0.717, 1.165) is 62.2 Å². The quantitative estimate of drug-likeness (QED) is 0.751. The van der Waals surface area contributed by atoms with E-state index >= 15 is 0 Å². The van der Waals surface area contributed by atoms with Gasteiger partial charge in [-0.05, 0) is 17.7 Å². The number of rotatable bonds is 5. The van der Waals surface area contributed by atoms with Crippen molar-refractivity contribution in [3.8, 4) is 5.75 Å². The highest BCUT2D eigenvalue weighted by Crippen LogP contribution is 2.21. The minimum Gasteiger partial charge on any atom is -0.497 e. The van der Waals surface area contributed by atoms with E-state index in [9.17, 15) is 4.79 Å². The number of amides is 1. The van der Waals surface area contributed by atoms with Crippen molar-refractivity contribution in [1.82, 2.24) is 15.1 Å². The van der Waals surface area contributed by atoms with Gasteiger partial charge in [-0.2, -0.15) is 5.10 Å². The maximum absolute atomic E-state index is 12.7. The van der Waals surface area contributed by atoms with Crippen molar-refractivity contribution in [3.05, 3.63) is 42.1 Å². The van der Waals surface area contributed by atoms with E-state index in [2.05, 4.69) is 26.1 Å². The molecule has 8 nitrogen and oxygen atoms in total. The van der Waals surface area contributed by atoms with Crippen molar-refractivity contribution in [2.24, 2.45) is 0 Å². The maximum Gasteiger partial charge on any atom is 0.227 e. The molecule has 3 heterocycles. The van der Waals surface area contributed by atoms with E-state index in [1.54, 1.807) is 13.3 Å². The smallest absolute Gasteiger partial charge is 0.227 e. The summed E-state index contributed by atoms with van der Waals surface area (Å²) in [5.74, 6) is 1.86. The molecular weight excluding hydrogens is 370 g/mol. The Morgan fingerprint density at radius 3 is 2.45 bits per heavy atom. The summed E-state index contributed by atoms with van der Waals surface area (Å²) in [4.78, 5) is 19.1. The second-order valence-electron chi connectivity index (χ2n) is 7.26. The molecule has 0 aliphatic carbocycles. The van der Waals surface area contributed by atoms with Crippen LogP contribution in [0.1, 0.15) is 5.56 Å². The number of hydrogen-bond acceptors (Lipinski definition) is 7. The van der Waals surface area contributed by atoms with Crippen LogP contribution in [-0.2, 0) is 16.0 Å². The third kappa shape index (κ3) is 4.76. The zero-order chi connectivity index (χ0) is 20.1. The van der Waals surface area contributed by atoms with Crippen LogP contribution in [0.2, 0.25) is 0 Å². The molecule has 4 rings (SSSR count). The van der Waals surface area contributed by atoms with Crippen LogP contribution in [0.15, 0.2) is 36.5 Å². The second kappa shape index (κ2) is 9.09. The Balaban J connectivity index is 1.32. The number of morpholine rings is 1. The van der Waals surface area contributed by atoms with Gasteiger partial charge >= 0.3 is 0 Å². The van der Waals surface area contributed by atoms with E-state index in [1.165, 1.54) is 0 Å². The third-order valence-electron chi connectivity index (χ3n) is 5.47. The lowest BCUT2D eigenvalue weighted by atomic mass is 10.1. The Morgan fingerprint density at radius 1 is 1.03 bits per heavy atom. The molecule has 0 spiro atoms. The number of piperazine rings is 1. The average molecular weight is 397 g/mol. The first-order valence-corrected chi connectivity index (χ1v) is 10.0. The summed E-state index contributed by atoms with van der Waals surface area (Å²) in [5.41, 5.74) is 2.07. The Kier molecular flexibility index (Phi) is 6.09. The number of methoxy groups -OCH3 is 1. The van der Waals surface area contributed by atoms with E-state index in [0.29, 0.717) is 19.5 Å². The molecule has 0 atom stereocenters. The van der Waals surface area contributed by atoms with Gasteiger partial charge in [0.25, 0.3) is 0 Å². The topological polar surface area (TPSA) is 71.0 Å². The summed E-state index contributed by atoms with van der Waals surface area (Å²) < 4.78 is 10.6. The molecule has 1 aromatic carbocycles. The van der Waals surface area contributed by atoms with Gasteiger partial charge in [0.1, 0.15) is 5.75 Å². The number of anilines is 2. The summed E-state index contributed by atoms with van der Waals surface area (Å²) in [7, 11) is 1.64. The van der Waals surface area contributed by atoms with Crippen molar-refractivity contribution in [2.45, 2.75) is 6.42 Å². The van der Waals surface area contributed by atoms with Crippen molar-refractivity contribution in [2.75, 3.05) is 69.4 Å². The molecule has 2 aliphatic rings. The van der Waals surface area contributed by atoms with Crippen LogP contribution in [0.25, 0.3) is 0 Å². The summed E-state index contributed by atoms with van der Waals surface area (Å²) in [6, 6.07) is 9.77. The lowest BCUT2D eigenvalue weighted by Gasteiger charge is -2.36. The van der Waals surface area contributed by atoms with Gasteiger partial charge in [0.2, 0.25) is 5.91 Å². The van der Waals surface area contributed by atoms with Gasteiger partial charge in [-0.3, -0.25) is 4.79 Å². The lowest BCUT2D eigenvalue weighted by molar-refractivity contribution is -0.130. The predicted molar refractivity (Wildman–Crippen MR) is 111 cm³/mol. The van der Waals surface area contributed by atoms with Crippen molar-refractivity contribution >= 4 is 17.4 Å². The fraction of sp³-hybridized carbons (Fsp3) is 0.476. The molecule has 0 N–H and O–H groups in total. The third-order valence-corrected chi connectivity index (χ3v) is 5.47. The minimum absolute atomic E-state index is 0.164. The van der Waals surface area contributed by atoms with E-state index in [4.69, 9.17) is 9.47 Å². The van der Waals surface area contributed by atoms with Gasteiger partial charge in [0.05, 0.1) is 38.6 Å². The molecule has 0 radical (unpaired) electrons. The van der Waals surface area contributed by atoms with Crippen LogP contribution < -0.4 is 14.5 Å². The highest BCUT2D eigenvalue weighted by Gasteiger charge is 2.22. The molecule has 8 heteroatoms. The highest BCUT2D eigenvalue weighted by molar-refractivity contribution is 5.79. The SMILES string of the molecule is COc1ccc(CC(=O)N2CCN(c3cnnc(N4CCOCC4)c3)CC2)cc1. The van der Waals surface area contributed by atoms with Gasteiger partial charge < -0.3 is 24.2 Å². The van der Waals surface area contributed by atoms with Gasteiger partial charge in [-0.15, -0.1) is 5.10 Å². The molecule has 2 aromatic rings. The lowest BCUT2D eigenvalue weighted by Crippen LogP contribution is -2.49. The number of carbonyl (C=O) groups is 1. The first-order chi connectivity index (χ1) is 14.2. The number of benzene rings is 1. The van der Waals surface area contributed by atoms with Crippen LogP contribution in [0.3, 0.4) is 0 Å². The monoisotopic (exact) mass is 397 g/mol. The standard InChI is InChI=1S/C21H27N5O3/c1-28-19-4-2-17(3-5-19)14-21(27)26-8-6-24(7-9-26)18-15-20(23-22-16-18)25-10-12-29-13-11-25/h2-5,15-16H,6-14H2,1H3. The van der Waals surface area contributed by atoms with Crippen LogP contribution in [0, 0.1) is 0 Å². The van der Waals surface area contributed by atoms with E-state index < -0.39 is 0 Å². The second-order valence-corrected chi connectivity index (χ2v) is 7.26. The minimum atomic E-state index is 0.164. The fourth-order valence-electron chi connectivity index (χ4n) is 3.71. The molecule has 2 saturated heterocycles. The van der Waals surface area contributed by atoms with Gasteiger partial charge in [0, 0.05) is 45.3 Å². The number of nitrogens with zero attached hydrogens (tertiary/aromatic N) is 5. The first-order valence-electron chi connectivity index (χ1n) is 10.0. The van der Waals surface area contributed by atoms with E-state index in [-0.39, 0.29) is 5.91 Å². The summed E-state index contributed by atoms with van der Waals surface area (Å²) >= 11 is 0. The van der Waals surface area contributed by atoms with E-state index in [1.807, 2.05) is 29.2 Å². The zero-order valence-corrected chi connectivity index (χ0v) is 16.8. The normalized spacial score (nSPS) is 17.3. The largest absolute Gasteiger partial charge is 0.497 e. The predicted octanol–water partition coefficient (Wildman–Crippen LogP) is 1.21. The van der Waals surface area contributed by atoms with Gasteiger partial charge in [-0.25, -0.2) is 0 Å². The van der Waals surface area contributed by atoms with Crippen molar-refractivity contribution < 1.29 is 14.3 Å². The zero-order valence-electron chi connectivity index (χ0n) is 16.8. The summed E-state index contributed by atoms with van der Waals surface area (Å²) in [6.07, 6.45) is 2.22. The van der Waals surface area contributed by atoms with Crippen molar-refractivity contribution in [1.29, 1.82) is 0 Å². The molecule has 0 saturated carbocycles. The fourth-order valence-corrected chi connectivity index (χ4v) is 3.71. The van der Waals surface area contributed by atoms with Crippen molar-refractivity contribution in [3.63, 3.8) is 0 Å². The maximum atomic E-state index is 12.7. The van der Waals surface area contributed by atoms with Gasteiger partial charge in [-0.1, -0.05) is 12.1 Å². The Hall–Kier alpha value is -2.87. The Labute approximate surface area is 171 Å². The Bertz CT molecular complexity index is 815. The number of hydrogen-bond donors (Lipinski definition) is 0. The first kappa shape index (κ1) is 19.4. The van der Waals surface area contributed by atoms with Crippen LogP contribution in [-0.4, -0.2) is 80.6 Å². The summed E-state index contributed by atoms with van der Waals surface area (Å²) in [5, 5.41) is 8.47. The molecule has 0 unspecified atom stereocenters. The molecular formula is C21H27N5O3. The molecule has 2 aliphatic heterocycles. The number of aromatic nitrogens is 2. The van der Waals surface area contributed by atoms with Crippen LogP contribution in [0.4, 0.5) is 11.5 Å². The molecule has 1 amide bonds. The number of carbonyl (C=O) groups excluding carboxylic acids is 1. The summed E-state index contributed by atoms with van der Waals surface area (Å²) in [6.45, 7) is 6.14. The van der Waals surface area contributed by atoms with Crippen LogP contribution >= 0.6 is 0 Å². The average Bonchev–Trinajstić information content (AvgIpc) is 2.80. The molecule has 2 fully saturated rings. The van der Waals surface area contributed by atoms with Gasteiger partial charge in [0.15, 0.2) is 5.82 Å². The highest BCUT2D eigenvalue weighted by atomic mass is 16.5. The molecule has 1 aromatic heterocycles. The van der Waals surface area contributed by atoms with Crippen LogP contribution in [0.5, 0.6) is 5.75 Å².